The van der Waals surface area contributed by atoms with Crippen LogP contribution in [0, 0.1) is 29.6 Å². The van der Waals surface area contributed by atoms with E-state index in [0.29, 0.717) is 41.9 Å². The highest BCUT2D eigenvalue weighted by Gasteiger charge is 2.46. The zero-order chi connectivity index (χ0) is 26.6. The number of likely N-dealkylation sites (tertiary alicyclic amines) is 1. The minimum absolute atomic E-state index is 0.179. The average molecular weight is 543 g/mol. The molecule has 9 atom stereocenters. The summed E-state index contributed by atoms with van der Waals surface area (Å²) in [6.45, 7) is 8.06. The summed E-state index contributed by atoms with van der Waals surface area (Å²) < 4.78 is 0. The molecular weight excluding hydrogens is 484 g/mol. The second-order valence-electron chi connectivity index (χ2n) is 14.4. The lowest BCUT2D eigenvalue weighted by molar-refractivity contribution is -0.127. The van der Waals surface area contributed by atoms with E-state index >= 15 is 0 Å². The van der Waals surface area contributed by atoms with Crippen LogP contribution >= 0.6 is 0 Å². The quantitative estimate of drug-likeness (QED) is 0.339. The van der Waals surface area contributed by atoms with Gasteiger partial charge in [-0.3, -0.25) is 25.6 Å². The van der Waals surface area contributed by atoms with Gasteiger partial charge in [-0.2, -0.15) is 0 Å². The largest absolute Gasteiger partial charge is 0.353 e. The van der Waals surface area contributed by atoms with Crippen LogP contribution in [-0.4, -0.2) is 74.0 Å². The van der Waals surface area contributed by atoms with Crippen LogP contribution in [0.15, 0.2) is 0 Å². The van der Waals surface area contributed by atoms with Gasteiger partial charge >= 0.3 is 0 Å². The molecule has 0 aromatic rings. The van der Waals surface area contributed by atoms with Crippen LogP contribution < -0.4 is 26.6 Å². The summed E-state index contributed by atoms with van der Waals surface area (Å²) in [6, 6.07) is 2.00. The van der Waals surface area contributed by atoms with Crippen molar-refractivity contribution >= 4 is 5.91 Å². The number of hydrogen-bond donors (Lipinski definition) is 5. The fraction of sp³-hybridized carbons (Fsp3) is 0.969. The molecule has 0 spiro atoms. The number of rotatable bonds is 7. The van der Waals surface area contributed by atoms with Gasteiger partial charge in [0.1, 0.15) is 6.29 Å². The molecule has 1 amide bonds. The Labute approximate surface area is 238 Å². The van der Waals surface area contributed by atoms with Crippen LogP contribution in [0.1, 0.15) is 103 Å². The third kappa shape index (κ3) is 7.02. The Morgan fingerprint density at radius 1 is 0.897 bits per heavy atom. The first-order chi connectivity index (χ1) is 19.1. The van der Waals surface area contributed by atoms with Crippen LogP contribution in [-0.2, 0) is 4.79 Å². The molecule has 6 rings (SSSR count). The number of piperidine rings is 1. The maximum atomic E-state index is 13.8. The lowest BCUT2D eigenvalue weighted by Gasteiger charge is -2.43. The average Bonchev–Trinajstić information content (AvgIpc) is 3.34. The molecule has 0 bridgehead atoms. The smallest absolute Gasteiger partial charge is 0.224 e. The summed E-state index contributed by atoms with van der Waals surface area (Å²) in [6.07, 6.45) is 19.7. The Hall–Kier alpha value is -0.730. The van der Waals surface area contributed by atoms with E-state index in [1.807, 2.05) is 0 Å². The topological polar surface area (TPSA) is 80.5 Å². The highest BCUT2D eigenvalue weighted by molar-refractivity contribution is 5.80. The lowest BCUT2D eigenvalue weighted by atomic mass is 9.78. The second-order valence-corrected chi connectivity index (χ2v) is 14.4. The Balaban J connectivity index is 1.02. The molecule has 3 aliphatic carbocycles. The zero-order valence-electron chi connectivity index (χ0n) is 24.8. The van der Waals surface area contributed by atoms with Gasteiger partial charge in [0, 0.05) is 37.3 Å². The monoisotopic (exact) mass is 542 g/mol. The summed E-state index contributed by atoms with van der Waals surface area (Å²) >= 11 is 0. The minimum Gasteiger partial charge on any atom is -0.353 e. The molecule has 5 N–H and O–H groups in total. The Bertz CT molecular complexity index is 783. The fourth-order valence-corrected chi connectivity index (χ4v) is 9.42. The van der Waals surface area contributed by atoms with Crippen LogP contribution in [0.4, 0.5) is 0 Å². The Morgan fingerprint density at radius 3 is 2.59 bits per heavy atom. The number of amides is 1. The number of fused-ring (bicyclic) bond motifs is 1. The van der Waals surface area contributed by atoms with Gasteiger partial charge in [0.05, 0.1) is 5.92 Å². The van der Waals surface area contributed by atoms with Gasteiger partial charge < -0.3 is 10.6 Å². The SMILES string of the molecule is CC1CCC(NC(=O)C2CN(CC3CCCCC3)C3CCCCC23)CC1NC1NCCC(C2CCCNC2)N1. The molecular formula is C32H58N6O. The van der Waals surface area contributed by atoms with Crippen LogP contribution in [0.2, 0.25) is 0 Å². The summed E-state index contributed by atoms with van der Waals surface area (Å²) in [7, 11) is 0. The normalized spacial score (nSPS) is 42.6. The highest BCUT2D eigenvalue weighted by atomic mass is 16.2. The van der Waals surface area contributed by atoms with Crippen LogP contribution in [0.5, 0.6) is 0 Å². The molecule has 222 valence electrons. The zero-order valence-corrected chi connectivity index (χ0v) is 24.8. The van der Waals surface area contributed by atoms with Gasteiger partial charge in [-0.1, -0.05) is 39.0 Å². The third-order valence-electron chi connectivity index (χ3n) is 11.8. The van der Waals surface area contributed by atoms with Crippen molar-refractivity contribution in [2.24, 2.45) is 29.6 Å². The van der Waals surface area contributed by atoms with Crippen molar-refractivity contribution in [3.8, 4) is 0 Å². The molecule has 6 fully saturated rings. The standard InChI is InChI=1S/C32H58N6O/c1-22-13-14-25(18-29(22)37-32-34-17-15-28(36-32)24-10-7-16-33-19-24)35-31(39)27-21-38(20-23-8-3-2-4-9-23)30-12-6-5-11-26(27)30/h22-30,32-34,36-37H,2-21H2,1H3,(H,35,39). The number of nitrogens with one attached hydrogen (secondary N) is 5. The van der Waals surface area contributed by atoms with Gasteiger partial charge in [-0.05, 0) is 108 Å². The van der Waals surface area contributed by atoms with Crippen LogP contribution in [0.25, 0.3) is 0 Å². The first-order valence-corrected chi connectivity index (χ1v) is 17.1. The fourth-order valence-electron chi connectivity index (χ4n) is 9.42. The van der Waals surface area contributed by atoms with Crippen LogP contribution in [0.3, 0.4) is 0 Å². The maximum Gasteiger partial charge on any atom is 0.224 e. The summed E-state index contributed by atoms with van der Waals surface area (Å²) in [5.74, 6) is 3.41. The summed E-state index contributed by atoms with van der Waals surface area (Å²) in [5, 5.41) is 18.8. The van der Waals surface area contributed by atoms with Crippen molar-refractivity contribution in [1.82, 2.24) is 31.5 Å². The van der Waals surface area contributed by atoms with E-state index in [1.165, 1.54) is 96.6 Å². The van der Waals surface area contributed by atoms with Crippen molar-refractivity contribution in [2.45, 2.75) is 134 Å². The molecule has 3 heterocycles. The van der Waals surface area contributed by atoms with Gasteiger partial charge in [0.15, 0.2) is 0 Å². The summed E-state index contributed by atoms with van der Waals surface area (Å²) in [5.41, 5.74) is 0. The van der Waals surface area contributed by atoms with Gasteiger partial charge in [0.25, 0.3) is 0 Å². The highest BCUT2D eigenvalue weighted by Crippen LogP contribution is 2.41. The van der Waals surface area contributed by atoms with Gasteiger partial charge in [-0.25, -0.2) is 0 Å². The maximum absolute atomic E-state index is 13.8. The van der Waals surface area contributed by atoms with Gasteiger partial charge in [0.2, 0.25) is 5.91 Å². The molecule has 3 aliphatic heterocycles. The summed E-state index contributed by atoms with van der Waals surface area (Å²) in [4.78, 5) is 16.6. The molecule has 0 aromatic heterocycles. The predicted octanol–water partition coefficient (Wildman–Crippen LogP) is 3.56. The molecule has 0 radical (unpaired) electrons. The van der Waals surface area contributed by atoms with E-state index in [-0.39, 0.29) is 12.2 Å². The van der Waals surface area contributed by atoms with Crippen molar-refractivity contribution in [3.05, 3.63) is 0 Å². The molecule has 3 saturated heterocycles. The van der Waals surface area contributed by atoms with E-state index in [0.717, 1.165) is 44.3 Å². The second kappa shape index (κ2) is 13.5. The molecule has 0 aromatic carbocycles. The van der Waals surface area contributed by atoms with E-state index < -0.39 is 0 Å². The van der Waals surface area contributed by atoms with Crippen molar-refractivity contribution in [3.63, 3.8) is 0 Å². The molecule has 3 saturated carbocycles. The van der Waals surface area contributed by atoms with E-state index in [9.17, 15) is 4.79 Å². The molecule has 6 aliphatic rings. The lowest BCUT2D eigenvalue weighted by Crippen LogP contribution is -2.66. The van der Waals surface area contributed by atoms with Crippen molar-refractivity contribution < 1.29 is 4.79 Å². The number of carbonyl (C=O) groups excluding carboxylic acids is 1. The van der Waals surface area contributed by atoms with Crippen molar-refractivity contribution in [2.75, 3.05) is 32.7 Å². The minimum atomic E-state index is 0.179. The number of carbonyl (C=O) groups is 1. The van der Waals surface area contributed by atoms with E-state index in [2.05, 4.69) is 38.4 Å². The Morgan fingerprint density at radius 2 is 1.74 bits per heavy atom. The molecule has 7 nitrogen and oxygen atoms in total. The molecule has 39 heavy (non-hydrogen) atoms. The first-order valence-electron chi connectivity index (χ1n) is 17.1. The van der Waals surface area contributed by atoms with E-state index in [1.54, 1.807) is 0 Å². The Kier molecular flexibility index (Phi) is 9.83. The van der Waals surface area contributed by atoms with Crippen molar-refractivity contribution in [1.29, 1.82) is 0 Å². The van der Waals surface area contributed by atoms with E-state index in [4.69, 9.17) is 0 Å². The third-order valence-corrected chi connectivity index (χ3v) is 11.8. The van der Waals surface area contributed by atoms with Gasteiger partial charge in [-0.15, -0.1) is 0 Å². The number of nitrogens with zero attached hydrogens (tertiary/aromatic N) is 1. The first kappa shape index (κ1) is 28.4. The number of hydrogen-bond acceptors (Lipinski definition) is 6. The molecule has 9 unspecified atom stereocenters. The predicted molar refractivity (Wildman–Crippen MR) is 158 cm³/mol. The molecule has 7 heteroatoms.